The van der Waals surface area contributed by atoms with Crippen molar-refractivity contribution in [2.24, 2.45) is 5.92 Å². The van der Waals surface area contributed by atoms with Crippen LogP contribution in [0.1, 0.15) is 41.9 Å². The van der Waals surface area contributed by atoms with Crippen molar-refractivity contribution in [2.45, 2.75) is 43.7 Å². The number of aromatic nitrogens is 1. The summed E-state index contributed by atoms with van der Waals surface area (Å²) in [7, 11) is 0. The van der Waals surface area contributed by atoms with Crippen LogP contribution in [-0.2, 0) is 5.60 Å². The molecular weight excluding hydrogens is 322 g/mol. The first-order valence-electron chi connectivity index (χ1n) is 9.86. The lowest BCUT2D eigenvalue weighted by Gasteiger charge is -2.33. The highest BCUT2D eigenvalue weighted by molar-refractivity contribution is 5.63. The van der Waals surface area contributed by atoms with E-state index >= 15 is 0 Å². The van der Waals surface area contributed by atoms with Gasteiger partial charge in [0.2, 0.25) is 0 Å². The zero-order valence-electron chi connectivity index (χ0n) is 15.4. The Bertz CT molecular complexity index is 808. The summed E-state index contributed by atoms with van der Waals surface area (Å²) in [6.45, 7) is 5.13. The molecular formula is C22H27N3O. The van der Waals surface area contributed by atoms with Crippen LogP contribution in [0.4, 0.5) is 5.69 Å². The number of hydrogen-bond acceptors (Lipinski definition) is 4. The molecule has 2 fully saturated rings. The first kappa shape index (κ1) is 16.3. The Kier molecular flexibility index (Phi) is 3.80. The summed E-state index contributed by atoms with van der Waals surface area (Å²) in [4.78, 5) is 6.87. The number of hydrogen-bond donors (Lipinski definition) is 2. The third-order valence-corrected chi connectivity index (χ3v) is 6.75. The number of fused-ring (bicyclic) bond motifs is 3. The number of anilines is 1. The number of aryl methyl sites for hydroxylation is 1. The molecule has 4 nitrogen and oxygen atoms in total. The van der Waals surface area contributed by atoms with E-state index in [1.165, 1.54) is 23.2 Å². The van der Waals surface area contributed by atoms with Gasteiger partial charge in [-0.1, -0.05) is 23.8 Å². The molecule has 2 saturated heterocycles. The number of nitrogens with zero attached hydrogens (tertiary/aromatic N) is 2. The van der Waals surface area contributed by atoms with E-state index in [2.05, 4.69) is 40.3 Å². The summed E-state index contributed by atoms with van der Waals surface area (Å²) in [5.74, 6) is 1.00. The van der Waals surface area contributed by atoms with Gasteiger partial charge in [-0.3, -0.25) is 4.98 Å². The van der Waals surface area contributed by atoms with E-state index in [-0.39, 0.29) is 0 Å². The third kappa shape index (κ3) is 2.47. The van der Waals surface area contributed by atoms with Gasteiger partial charge in [-0.25, -0.2) is 0 Å². The molecule has 4 unspecified atom stereocenters. The molecule has 4 heteroatoms. The van der Waals surface area contributed by atoms with Crippen molar-refractivity contribution in [1.29, 1.82) is 0 Å². The summed E-state index contributed by atoms with van der Waals surface area (Å²) in [6, 6.07) is 11.4. The van der Waals surface area contributed by atoms with Crippen LogP contribution in [-0.4, -0.2) is 35.8 Å². The molecule has 2 N–H and O–H groups in total. The zero-order chi connectivity index (χ0) is 17.7. The molecule has 136 valence electrons. The van der Waals surface area contributed by atoms with Crippen LogP contribution in [0.25, 0.3) is 0 Å². The van der Waals surface area contributed by atoms with Gasteiger partial charge < -0.3 is 15.3 Å². The second-order valence-corrected chi connectivity index (χ2v) is 8.33. The molecule has 1 aromatic heterocycles. The van der Waals surface area contributed by atoms with Crippen LogP contribution in [0, 0.1) is 12.8 Å². The molecule has 0 amide bonds. The summed E-state index contributed by atoms with van der Waals surface area (Å²) in [5.41, 5.74) is 4.45. The Labute approximate surface area is 155 Å². The molecule has 4 atom stereocenters. The highest BCUT2D eigenvalue weighted by atomic mass is 16.3. The molecule has 4 heterocycles. The van der Waals surface area contributed by atoms with Gasteiger partial charge in [-0.2, -0.15) is 0 Å². The lowest BCUT2D eigenvalue weighted by atomic mass is 9.78. The van der Waals surface area contributed by atoms with Crippen molar-refractivity contribution in [1.82, 2.24) is 10.3 Å². The molecule has 0 bridgehead atoms. The van der Waals surface area contributed by atoms with Gasteiger partial charge in [0.05, 0.1) is 5.60 Å². The fourth-order valence-corrected chi connectivity index (χ4v) is 5.57. The van der Waals surface area contributed by atoms with Gasteiger partial charge in [0.1, 0.15) is 0 Å². The monoisotopic (exact) mass is 349 g/mol. The minimum atomic E-state index is -0.787. The van der Waals surface area contributed by atoms with E-state index in [9.17, 15) is 5.11 Å². The lowest BCUT2D eigenvalue weighted by Crippen LogP contribution is -2.41. The minimum absolute atomic E-state index is 0.433. The van der Waals surface area contributed by atoms with Crippen LogP contribution in [0.15, 0.2) is 42.7 Å². The number of rotatable bonds is 1. The van der Waals surface area contributed by atoms with Crippen LogP contribution in [0.2, 0.25) is 0 Å². The lowest BCUT2D eigenvalue weighted by molar-refractivity contribution is 0.00986. The second kappa shape index (κ2) is 6.07. The van der Waals surface area contributed by atoms with E-state index in [0.29, 0.717) is 17.9 Å². The van der Waals surface area contributed by atoms with Crippen LogP contribution in [0.3, 0.4) is 0 Å². The van der Waals surface area contributed by atoms with Gasteiger partial charge in [-0.15, -0.1) is 0 Å². The molecule has 3 aliphatic heterocycles. The summed E-state index contributed by atoms with van der Waals surface area (Å²) in [5, 5.41) is 15.2. The standard InChI is InChI=1S/C22H27N3O/c1-15-4-5-20-19(11-15)18-6-9-24-13-16-12-22(26,7-10-25(20)21(16)18)17-3-2-8-23-14-17/h2-5,8,11,14,16,18,21,24,26H,6-7,9-10,12-13H2,1H3. The number of benzene rings is 1. The van der Waals surface area contributed by atoms with Crippen LogP contribution >= 0.6 is 0 Å². The molecule has 5 rings (SSSR count). The summed E-state index contributed by atoms with van der Waals surface area (Å²) >= 11 is 0. The fraction of sp³-hybridized carbons (Fsp3) is 0.500. The SMILES string of the molecule is Cc1ccc2c(c1)C1CCNCC3CC(O)(c4cccnc4)CCN2C31. The Hall–Kier alpha value is -1.91. The number of nitrogens with one attached hydrogen (secondary N) is 1. The molecule has 0 radical (unpaired) electrons. The summed E-state index contributed by atoms with van der Waals surface area (Å²) < 4.78 is 0. The maximum Gasteiger partial charge on any atom is 0.0932 e. The molecule has 0 saturated carbocycles. The number of aliphatic hydroxyl groups is 1. The average Bonchev–Trinajstić information content (AvgIpc) is 2.76. The molecule has 1 aromatic carbocycles. The average molecular weight is 349 g/mol. The largest absolute Gasteiger partial charge is 0.385 e. The van der Waals surface area contributed by atoms with Crippen molar-refractivity contribution in [3.63, 3.8) is 0 Å². The van der Waals surface area contributed by atoms with E-state index in [1.54, 1.807) is 6.20 Å². The molecule has 3 aliphatic rings. The fourth-order valence-electron chi connectivity index (χ4n) is 5.57. The molecule has 26 heavy (non-hydrogen) atoms. The maximum absolute atomic E-state index is 11.6. The molecule has 0 spiro atoms. The van der Waals surface area contributed by atoms with Crippen molar-refractivity contribution < 1.29 is 5.11 Å². The second-order valence-electron chi connectivity index (χ2n) is 8.33. The van der Waals surface area contributed by atoms with Gasteiger partial charge in [0.25, 0.3) is 0 Å². The van der Waals surface area contributed by atoms with Crippen molar-refractivity contribution in [2.75, 3.05) is 24.5 Å². The quantitative estimate of drug-likeness (QED) is 0.831. The normalized spacial score (nSPS) is 33.2. The van der Waals surface area contributed by atoms with Gasteiger partial charge in [0, 0.05) is 48.7 Å². The molecule has 2 aromatic rings. The topological polar surface area (TPSA) is 48.4 Å². The van der Waals surface area contributed by atoms with Crippen LogP contribution < -0.4 is 10.2 Å². The highest BCUT2D eigenvalue weighted by Gasteiger charge is 2.49. The Balaban J connectivity index is 1.58. The van der Waals surface area contributed by atoms with Gasteiger partial charge in [-0.05, 0) is 56.3 Å². The smallest absolute Gasteiger partial charge is 0.0932 e. The maximum atomic E-state index is 11.6. The highest BCUT2D eigenvalue weighted by Crippen LogP contribution is 2.51. The predicted octanol–water partition coefficient (Wildman–Crippen LogP) is 2.95. The Morgan fingerprint density at radius 3 is 3.08 bits per heavy atom. The Morgan fingerprint density at radius 2 is 2.23 bits per heavy atom. The van der Waals surface area contributed by atoms with E-state index in [0.717, 1.165) is 38.0 Å². The first-order chi connectivity index (χ1) is 12.7. The summed E-state index contributed by atoms with van der Waals surface area (Å²) in [6.07, 6.45) is 6.36. The Morgan fingerprint density at radius 1 is 1.31 bits per heavy atom. The van der Waals surface area contributed by atoms with Crippen LogP contribution in [0.5, 0.6) is 0 Å². The van der Waals surface area contributed by atoms with Crippen molar-refractivity contribution >= 4 is 5.69 Å². The molecule has 0 aliphatic carbocycles. The third-order valence-electron chi connectivity index (χ3n) is 6.75. The minimum Gasteiger partial charge on any atom is -0.385 e. The first-order valence-corrected chi connectivity index (χ1v) is 9.86. The van der Waals surface area contributed by atoms with E-state index in [1.807, 2.05) is 18.3 Å². The van der Waals surface area contributed by atoms with Crippen molar-refractivity contribution in [3.8, 4) is 0 Å². The van der Waals surface area contributed by atoms with Gasteiger partial charge >= 0.3 is 0 Å². The van der Waals surface area contributed by atoms with Crippen molar-refractivity contribution in [3.05, 3.63) is 59.4 Å². The predicted molar refractivity (Wildman–Crippen MR) is 103 cm³/mol. The zero-order valence-corrected chi connectivity index (χ0v) is 15.4. The number of pyridine rings is 1. The van der Waals surface area contributed by atoms with Gasteiger partial charge in [0.15, 0.2) is 0 Å². The van der Waals surface area contributed by atoms with E-state index < -0.39 is 5.60 Å². The van der Waals surface area contributed by atoms with E-state index in [4.69, 9.17) is 0 Å².